The molecule has 2 rings (SSSR count). The van der Waals surface area contributed by atoms with Crippen LogP contribution in [0.1, 0.15) is 5.56 Å². The number of nitrogens with one attached hydrogen (secondary N) is 1. The molecule has 0 amide bonds. The summed E-state index contributed by atoms with van der Waals surface area (Å²) in [6, 6.07) is 0. The van der Waals surface area contributed by atoms with E-state index in [1.807, 2.05) is 13.2 Å². The van der Waals surface area contributed by atoms with Crippen LogP contribution in [0.3, 0.4) is 0 Å². The number of anilines is 1. The Morgan fingerprint density at radius 2 is 2.29 bits per heavy atom. The van der Waals surface area contributed by atoms with Gasteiger partial charge in [-0.3, -0.25) is 4.68 Å². The number of hydrogen-bond donors (Lipinski definition) is 1. The zero-order chi connectivity index (χ0) is 9.97. The van der Waals surface area contributed by atoms with Gasteiger partial charge in [0.15, 0.2) is 0 Å². The van der Waals surface area contributed by atoms with Crippen LogP contribution in [0.4, 0.5) is 5.95 Å². The van der Waals surface area contributed by atoms with Gasteiger partial charge in [0, 0.05) is 32.4 Å². The zero-order valence-electron chi connectivity index (χ0n) is 8.05. The molecule has 0 unspecified atom stereocenters. The summed E-state index contributed by atoms with van der Waals surface area (Å²) in [4.78, 5) is 0. The minimum Gasteiger partial charge on any atom is -0.349 e. The summed E-state index contributed by atoms with van der Waals surface area (Å²) in [7, 11) is 3.67. The fraction of sp³-hybridized carbons (Fsp3) is 0.429. The first-order valence-corrected chi connectivity index (χ1v) is 4.19. The Labute approximate surface area is 80.7 Å². The van der Waals surface area contributed by atoms with E-state index in [-0.39, 0.29) is 0 Å². The highest BCUT2D eigenvalue weighted by molar-refractivity contribution is 5.23. The Bertz CT molecular complexity index is 415. The second-order valence-corrected chi connectivity index (χ2v) is 3.00. The summed E-state index contributed by atoms with van der Waals surface area (Å²) in [6.07, 6.45) is 3.74. The summed E-state index contributed by atoms with van der Waals surface area (Å²) in [5.41, 5.74) is 1.09. The minimum absolute atomic E-state index is 0.647. The smallest absolute Gasteiger partial charge is 0.242 e. The number of aryl methyl sites for hydroxylation is 2. The minimum atomic E-state index is 0.647. The molecule has 0 aliphatic heterocycles. The molecule has 14 heavy (non-hydrogen) atoms. The van der Waals surface area contributed by atoms with Gasteiger partial charge in [-0.1, -0.05) is 5.10 Å². The number of nitrogens with zero attached hydrogens (tertiary/aromatic N) is 6. The van der Waals surface area contributed by atoms with Crippen LogP contribution in [0.15, 0.2) is 12.4 Å². The predicted octanol–water partition coefficient (Wildman–Crippen LogP) is -0.444. The standard InChI is InChI=1S/C7H11N7/c1-13-5-6(4-9-13)3-8-7-10-11-12-14(7)2/h4-5H,3H2,1-2H3,(H,8,10,12). The molecule has 0 fully saturated rings. The van der Waals surface area contributed by atoms with E-state index < -0.39 is 0 Å². The molecule has 0 aliphatic carbocycles. The van der Waals surface area contributed by atoms with Crippen LogP contribution in [0.5, 0.6) is 0 Å². The molecule has 0 atom stereocenters. The maximum Gasteiger partial charge on any atom is 0.242 e. The highest BCUT2D eigenvalue weighted by Gasteiger charge is 2.01. The van der Waals surface area contributed by atoms with E-state index >= 15 is 0 Å². The second kappa shape index (κ2) is 3.44. The third-order valence-electron chi connectivity index (χ3n) is 1.83. The van der Waals surface area contributed by atoms with Crippen molar-refractivity contribution in [1.82, 2.24) is 30.0 Å². The summed E-state index contributed by atoms with van der Waals surface area (Å²) in [6.45, 7) is 0.669. The van der Waals surface area contributed by atoms with Crippen molar-refractivity contribution in [1.29, 1.82) is 0 Å². The fourth-order valence-electron chi connectivity index (χ4n) is 1.12. The molecule has 7 heteroatoms. The third kappa shape index (κ3) is 1.70. The van der Waals surface area contributed by atoms with Gasteiger partial charge in [0.05, 0.1) is 6.20 Å². The number of rotatable bonds is 3. The molecular weight excluding hydrogens is 182 g/mol. The molecule has 0 saturated heterocycles. The monoisotopic (exact) mass is 193 g/mol. The number of tetrazole rings is 1. The van der Waals surface area contributed by atoms with Gasteiger partial charge in [-0.15, -0.1) is 0 Å². The van der Waals surface area contributed by atoms with Crippen molar-refractivity contribution >= 4 is 5.95 Å². The SMILES string of the molecule is Cn1cc(CNc2nnnn2C)cn1. The lowest BCUT2D eigenvalue weighted by Gasteiger charge is -2.00. The highest BCUT2D eigenvalue weighted by Crippen LogP contribution is 2.01. The molecule has 0 bridgehead atoms. The van der Waals surface area contributed by atoms with E-state index in [9.17, 15) is 0 Å². The van der Waals surface area contributed by atoms with Crippen molar-refractivity contribution in [2.75, 3.05) is 5.32 Å². The Morgan fingerprint density at radius 3 is 2.86 bits per heavy atom. The Morgan fingerprint density at radius 1 is 1.43 bits per heavy atom. The van der Waals surface area contributed by atoms with Gasteiger partial charge in [0.2, 0.25) is 5.95 Å². The summed E-state index contributed by atoms with van der Waals surface area (Å²) in [5.74, 6) is 0.647. The average molecular weight is 193 g/mol. The van der Waals surface area contributed by atoms with Gasteiger partial charge in [0.1, 0.15) is 0 Å². The van der Waals surface area contributed by atoms with Crippen molar-refractivity contribution in [3.8, 4) is 0 Å². The summed E-state index contributed by atoms with van der Waals surface area (Å²) >= 11 is 0. The van der Waals surface area contributed by atoms with Crippen LogP contribution in [0.25, 0.3) is 0 Å². The van der Waals surface area contributed by atoms with Crippen LogP contribution < -0.4 is 5.32 Å². The Hall–Kier alpha value is -1.92. The first-order valence-electron chi connectivity index (χ1n) is 4.19. The molecule has 2 aromatic rings. The van der Waals surface area contributed by atoms with Gasteiger partial charge >= 0.3 is 0 Å². The largest absolute Gasteiger partial charge is 0.349 e. The van der Waals surface area contributed by atoms with Gasteiger partial charge in [-0.05, 0) is 10.4 Å². The number of hydrogen-bond acceptors (Lipinski definition) is 5. The summed E-state index contributed by atoms with van der Waals surface area (Å²) in [5, 5.41) is 18.2. The molecule has 0 saturated carbocycles. The van der Waals surface area contributed by atoms with Crippen molar-refractivity contribution < 1.29 is 0 Å². The highest BCUT2D eigenvalue weighted by atomic mass is 15.6. The van der Waals surface area contributed by atoms with E-state index in [1.54, 1.807) is 22.6 Å². The van der Waals surface area contributed by atoms with E-state index in [1.165, 1.54) is 0 Å². The molecule has 0 aromatic carbocycles. The topological polar surface area (TPSA) is 73.5 Å². The van der Waals surface area contributed by atoms with Gasteiger partial charge in [-0.2, -0.15) is 5.10 Å². The van der Waals surface area contributed by atoms with E-state index in [0.717, 1.165) is 5.56 Å². The second-order valence-electron chi connectivity index (χ2n) is 3.00. The Balaban J connectivity index is 1.98. The normalized spacial score (nSPS) is 10.4. The molecule has 0 radical (unpaired) electrons. The van der Waals surface area contributed by atoms with E-state index in [0.29, 0.717) is 12.5 Å². The van der Waals surface area contributed by atoms with E-state index in [4.69, 9.17) is 0 Å². The molecule has 2 heterocycles. The van der Waals surface area contributed by atoms with Crippen LogP contribution in [0.2, 0.25) is 0 Å². The lowest BCUT2D eigenvalue weighted by molar-refractivity contribution is 0.712. The molecule has 7 nitrogen and oxygen atoms in total. The molecular formula is C7H11N7. The molecule has 0 aliphatic rings. The van der Waals surface area contributed by atoms with Crippen molar-refractivity contribution in [2.24, 2.45) is 14.1 Å². The number of aromatic nitrogens is 6. The first kappa shape index (κ1) is 8.67. The zero-order valence-corrected chi connectivity index (χ0v) is 8.05. The molecule has 0 spiro atoms. The van der Waals surface area contributed by atoms with Crippen LogP contribution in [0, 0.1) is 0 Å². The molecule has 74 valence electrons. The average Bonchev–Trinajstić information content (AvgIpc) is 2.72. The van der Waals surface area contributed by atoms with Crippen molar-refractivity contribution in [3.63, 3.8) is 0 Å². The quantitative estimate of drug-likeness (QED) is 0.715. The van der Waals surface area contributed by atoms with Crippen molar-refractivity contribution in [3.05, 3.63) is 18.0 Å². The maximum atomic E-state index is 4.06. The van der Waals surface area contributed by atoms with Crippen LogP contribution >= 0.6 is 0 Å². The van der Waals surface area contributed by atoms with Crippen molar-refractivity contribution in [2.45, 2.75) is 6.54 Å². The van der Waals surface area contributed by atoms with Crippen LogP contribution in [-0.2, 0) is 20.6 Å². The van der Waals surface area contributed by atoms with Gasteiger partial charge < -0.3 is 5.32 Å². The Kier molecular flexibility index (Phi) is 2.13. The molecule has 1 N–H and O–H groups in total. The fourth-order valence-corrected chi connectivity index (χ4v) is 1.12. The maximum absolute atomic E-state index is 4.06. The predicted molar refractivity (Wildman–Crippen MR) is 49.3 cm³/mol. The lowest BCUT2D eigenvalue weighted by Crippen LogP contribution is -2.05. The third-order valence-corrected chi connectivity index (χ3v) is 1.83. The first-order chi connectivity index (χ1) is 6.75. The lowest BCUT2D eigenvalue weighted by atomic mass is 10.4. The van der Waals surface area contributed by atoms with Gasteiger partial charge in [-0.25, -0.2) is 4.68 Å². The molecule has 2 aromatic heterocycles. The van der Waals surface area contributed by atoms with Crippen LogP contribution in [-0.4, -0.2) is 30.0 Å². The summed E-state index contributed by atoms with van der Waals surface area (Å²) < 4.78 is 3.34. The van der Waals surface area contributed by atoms with E-state index in [2.05, 4.69) is 25.9 Å². The van der Waals surface area contributed by atoms with Gasteiger partial charge in [0.25, 0.3) is 0 Å².